The van der Waals surface area contributed by atoms with Gasteiger partial charge in [-0.25, -0.2) is 4.39 Å². The van der Waals surface area contributed by atoms with Gasteiger partial charge >= 0.3 is 0 Å². The molecule has 0 aromatic carbocycles. The van der Waals surface area contributed by atoms with E-state index >= 15 is 0 Å². The maximum absolute atomic E-state index is 12.2. The molecule has 4 nitrogen and oxygen atoms in total. The van der Waals surface area contributed by atoms with Gasteiger partial charge in [0.2, 0.25) is 0 Å². The van der Waals surface area contributed by atoms with Crippen LogP contribution in [0.5, 0.6) is 0 Å². The van der Waals surface area contributed by atoms with E-state index in [4.69, 9.17) is 5.73 Å². The van der Waals surface area contributed by atoms with Crippen LogP contribution in [0.15, 0.2) is 30.7 Å². The molecule has 0 bridgehead atoms. The van der Waals surface area contributed by atoms with E-state index in [2.05, 4.69) is 10.1 Å². The van der Waals surface area contributed by atoms with Crippen LogP contribution in [0, 0.1) is 0 Å². The van der Waals surface area contributed by atoms with Crippen molar-refractivity contribution in [3.05, 3.63) is 36.3 Å². The normalized spacial score (nSPS) is 10.6. The van der Waals surface area contributed by atoms with Crippen molar-refractivity contribution in [2.45, 2.75) is 13.1 Å². The van der Waals surface area contributed by atoms with E-state index in [0.717, 1.165) is 16.8 Å². The molecule has 2 aromatic heterocycles. The molecule has 2 heterocycles. The summed E-state index contributed by atoms with van der Waals surface area (Å²) >= 11 is 0. The molecule has 0 amide bonds. The average Bonchev–Trinajstić information content (AvgIpc) is 2.74. The van der Waals surface area contributed by atoms with Gasteiger partial charge in [0.25, 0.3) is 0 Å². The third kappa shape index (κ3) is 2.09. The molecule has 0 radical (unpaired) electrons. The summed E-state index contributed by atoms with van der Waals surface area (Å²) in [5.41, 5.74) is 8.22. The molecular formula is C11H13FN4. The minimum Gasteiger partial charge on any atom is -0.326 e. The van der Waals surface area contributed by atoms with Crippen molar-refractivity contribution in [3.8, 4) is 11.3 Å². The Morgan fingerprint density at radius 3 is 2.94 bits per heavy atom. The second-order valence-electron chi connectivity index (χ2n) is 3.40. The minimum atomic E-state index is -0.432. The monoisotopic (exact) mass is 220 g/mol. The molecule has 0 spiro atoms. The fourth-order valence-electron chi connectivity index (χ4n) is 1.56. The van der Waals surface area contributed by atoms with E-state index in [9.17, 15) is 4.39 Å². The third-order valence-corrected chi connectivity index (χ3v) is 2.31. The standard InChI is InChI=1S/C11H13FN4/c12-3-5-16-8-10(6-13)11(15-16)9-2-1-4-14-7-9/h1-2,4,7-8H,3,5-6,13H2. The highest BCUT2D eigenvalue weighted by Gasteiger charge is 2.09. The van der Waals surface area contributed by atoms with Gasteiger partial charge in [-0.3, -0.25) is 9.67 Å². The zero-order chi connectivity index (χ0) is 11.4. The maximum atomic E-state index is 12.2. The number of rotatable bonds is 4. The highest BCUT2D eigenvalue weighted by Crippen LogP contribution is 2.20. The van der Waals surface area contributed by atoms with Crippen LogP contribution in [-0.2, 0) is 13.1 Å². The first-order chi connectivity index (χ1) is 7.85. The molecule has 5 heteroatoms. The molecule has 0 aliphatic rings. The number of halogens is 1. The molecule has 0 aliphatic heterocycles. The van der Waals surface area contributed by atoms with Gasteiger partial charge in [-0.15, -0.1) is 0 Å². The Morgan fingerprint density at radius 1 is 1.44 bits per heavy atom. The number of hydrogen-bond acceptors (Lipinski definition) is 3. The average molecular weight is 220 g/mol. The van der Waals surface area contributed by atoms with Crippen molar-refractivity contribution in [1.82, 2.24) is 14.8 Å². The van der Waals surface area contributed by atoms with Gasteiger partial charge in [-0.2, -0.15) is 5.10 Å². The first kappa shape index (κ1) is 10.8. The molecule has 84 valence electrons. The fourth-order valence-corrected chi connectivity index (χ4v) is 1.56. The minimum absolute atomic E-state index is 0.257. The zero-order valence-electron chi connectivity index (χ0n) is 8.81. The maximum Gasteiger partial charge on any atom is 0.109 e. The summed E-state index contributed by atoms with van der Waals surface area (Å²) in [6, 6.07) is 3.75. The number of nitrogens with two attached hydrogens (primary N) is 1. The second-order valence-corrected chi connectivity index (χ2v) is 3.40. The number of pyridine rings is 1. The van der Waals surface area contributed by atoms with Gasteiger partial charge in [0.15, 0.2) is 0 Å². The Labute approximate surface area is 92.9 Å². The molecule has 0 fully saturated rings. The number of alkyl halides is 1. The molecule has 0 saturated carbocycles. The molecule has 2 N–H and O–H groups in total. The lowest BCUT2D eigenvalue weighted by Crippen LogP contribution is -1.99. The van der Waals surface area contributed by atoms with Crippen LogP contribution in [0.2, 0.25) is 0 Å². The molecule has 0 atom stereocenters. The third-order valence-electron chi connectivity index (χ3n) is 2.31. The van der Waals surface area contributed by atoms with Crippen LogP contribution in [0.4, 0.5) is 4.39 Å². The predicted octanol–water partition coefficient (Wildman–Crippen LogP) is 1.37. The van der Waals surface area contributed by atoms with E-state index in [-0.39, 0.29) is 6.54 Å². The van der Waals surface area contributed by atoms with Crippen LogP contribution in [0.1, 0.15) is 5.56 Å². The van der Waals surface area contributed by atoms with Crippen LogP contribution in [0.25, 0.3) is 11.3 Å². The lowest BCUT2D eigenvalue weighted by Gasteiger charge is -1.98. The van der Waals surface area contributed by atoms with Crippen molar-refractivity contribution in [2.75, 3.05) is 6.67 Å². The van der Waals surface area contributed by atoms with Crippen molar-refractivity contribution in [2.24, 2.45) is 5.73 Å². The van der Waals surface area contributed by atoms with Gasteiger partial charge in [-0.1, -0.05) is 0 Å². The number of nitrogens with zero attached hydrogens (tertiary/aromatic N) is 3. The van der Waals surface area contributed by atoms with E-state index in [1.807, 2.05) is 12.1 Å². The van der Waals surface area contributed by atoms with E-state index in [1.54, 1.807) is 23.3 Å². The van der Waals surface area contributed by atoms with Crippen LogP contribution in [-0.4, -0.2) is 21.4 Å². The summed E-state index contributed by atoms with van der Waals surface area (Å²) in [6.45, 7) is 0.210. The highest BCUT2D eigenvalue weighted by atomic mass is 19.1. The first-order valence-corrected chi connectivity index (χ1v) is 5.08. The van der Waals surface area contributed by atoms with Crippen molar-refractivity contribution >= 4 is 0 Å². The molecule has 2 rings (SSSR count). The lowest BCUT2D eigenvalue weighted by atomic mass is 10.1. The Kier molecular flexibility index (Phi) is 3.26. The van der Waals surface area contributed by atoms with E-state index in [0.29, 0.717) is 6.54 Å². The highest BCUT2D eigenvalue weighted by molar-refractivity contribution is 5.61. The molecule has 2 aromatic rings. The smallest absolute Gasteiger partial charge is 0.109 e. The SMILES string of the molecule is NCc1cn(CCF)nc1-c1cccnc1. The fraction of sp³-hybridized carbons (Fsp3) is 0.273. The Hall–Kier alpha value is -1.75. The zero-order valence-corrected chi connectivity index (χ0v) is 8.81. The van der Waals surface area contributed by atoms with E-state index in [1.165, 1.54) is 0 Å². The van der Waals surface area contributed by atoms with E-state index < -0.39 is 6.67 Å². The summed E-state index contributed by atoms with van der Waals surface area (Å²) in [6.07, 6.45) is 5.20. The second kappa shape index (κ2) is 4.85. The number of hydrogen-bond donors (Lipinski definition) is 1. The molecule has 0 aliphatic carbocycles. The van der Waals surface area contributed by atoms with Crippen LogP contribution < -0.4 is 5.73 Å². The number of aromatic nitrogens is 3. The van der Waals surface area contributed by atoms with Gasteiger partial charge in [-0.05, 0) is 12.1 Å². The van der Waals surface area contributed by atoms with Crippen LogP contribution >= 0.6 is 0 Å². The lowest BCUT2D eigenvalue weighted by molar-refractivity contribution is 0.427. The Morgan fingerprint density at radius 2 is 2.31 bits per heavy atom. The molecule has 16 heavy (non-hydrogen) atoms. The summed E-state index contributed by atoms with van der Waals surface area (Å²) in [4.78, 5) is 4.03. The first-order valence-electron chi connectivity index (χ1n) is 5.08. The predicted molar refractivity (Wildman–Crippen MR) is 59.3 cm³/mol. The summed E-state index contributed by atoms with van der Waals surface area (Å²) in [5, 5.41) is 4.30. The van der Waals surface area contributed by atoms with Crippen molar-refractivity contribution in [1.29, 1.82) is 0 Å². The van der Waals surface area contributed by atoms with Crippen LogP contribution in [0.3, 0.4) is 0 Å². The summed E-state index contributed by atoms with van der Waals surface area (Å²) in [7, 11) is 0. The Balaban J connectivity index is 2.39. The van der Waals surface area contributed by atoms with Crippen molar-refractivity contribution < 1.29 is 4.39 Å². The quantitative estimate of drug-likeness (QED) is 0.846. The Bertz CT molecular complexity index is 452. The van der Waals surface area contributed by atoms with Gasteiger partial charge in [0.1, 0.15) is 6.67 Å². The molecular weight excluding hydrogens is 207 g/mol. The summed E-state index contributed by atoms with van der Waals surface area (Å²) < 4.78 is 13.8. The number of aryl methyl sites for hydroxylation is 1. The molecule has 0 saturated heterocycles. The summed E-state index contributed by atoms with van der Waals surface area (Å²) in [5.74, 6) is 0. The van der Waals surface area contributed by atoms with Gasteiger partial charge < -0.3 is 5.73 Å². The van der Waals surface area contributed by atoms with Gasteiger partial charge in [0.05, 0.1) is 12.2 Å². The van der Waals surface area contributed by atoms with Crippen molar-refractivity contribution in [3.63, 3.8) is 0 Å². The van der Waals surface area contributed by atoms with Gasteiger partial charge in [0, 0.05) is 36.3 Å². The largest absolute Gasteiger partial charge is 0.326 e. The topological polar surface area (TPSA) is 56.7 Å². The molecule has 0 unspecified atom stereocenters.